The number of carbonyl (C=O) groups is 2. The lowest BCUT2D eigenvalue weighted by Gasteiger charge is -2.32. The number of anilines is 1. The summed E-state index contributed by atoms with van der Waals surface area (Å²) in [5.74, 6) is 0.607. The van der Waals surface area contributed by atoms with Crippen molar-refractivity contribution in [2.75, 3.05) is 38.0 Å². The second-order valence-corrected chi connectivity index (χ2v) is 7.94. The Hall–Kier alpha value is -1.34. The van der Waals surface area contributed by atoms with E-state index in [9.17, 15) is 9.59 Å². The molecule has 8 heteroatoms. The van der Waals surface area contributed by atoms with E-state index in [1.54, 1.807) is 24.3 Å². The molecule has 2 amide bonds. The summed E-state index contributed by atoms with van der Waals surface area (Å²) in [7, 11) is 0. The van der Waals surface area contributed by atoms with Crippen molar-refractivity contribution in [2.45, 2.75) is 38.1 Å². The first kappa shape index (κ1) is 22.9. The van der Waals surface area contributed by atoms with Crippen molar-refractivity contribution >= 4 is 41.5 Å². The maximum atomic E-state index is 12.1. The zero-order chi connectivity index (χ0) is 19.1. The van der Waals surface area contributed by atoms with Crippen LogP contribution in [0.15, 0.2) is 24.3 Å². The Balaban J connectivity index is 0.00000280. The lowest BCUT2D eigenvalue weighted by molar-refractivity contribution is -0.123. The number of benzene rings is 1. The molecule has 2 heterocycles. The van der Waals surface area contributed by atoms with E-state index >= 15 is 0 Å². The van der Waals surface area contributed by atoms with Gasteiger partial charge in [-0.05, 0) is 69.0 Å². The number of hydrogen-bond donors (Lipinski definition) is 3. The number of nitrogens with one attached hydrogen (secondary N) is 3. The van der Waals surface area contributed by atoms with Gasteiger partial charge in [-0.15, -0.1) is 12.4 Å². The average molecular weight is 429 g/mol. The number of nitrogens with zero attached hydrogens (tertiary/aromatic N) is 1. The molecule has 0 saturated carbocycles. The fourth-order valence-corrected chi connectivity index (χ4v) is 3.94. The van der Waals surface area contributed by atoms with Crippen LogP contribution in [0.1, 0.15) is 32.1 Å². The van der Waals surface area contributed by atoms with Gasteiger partial charge >= 0.3 is 0 Å². The highest BCUT2D eigenvalue weighted by molar-refractivity contribution is 6.30. The molecular weight excluding hydrogens is 399 g/mol. The third-order valence-corrected chi connectivity index (χ3v) is 5.58. The molecule has 6 nitrogen and oxygen atoms in total. The Labute approximate surface area is 178 Å². The number of hydrogen-bond acceptors (Lipinski definition) is 4. The van der Waals surface area contributed by atoms with Crippen LogP contribution < -0.4 is 16.0 Å². The van der Waals surface area contributed by atoms with Crippen LogP contribution in [-0.4, -0.2) is 55.5 Å². The molecule has 1 aromatic carbocycles. The number of likely N-dealkylation sites (tertiary alicyclic amines) is 1. The van der Waals surface area contributed by atoms with E-state index in [1.807, 2.05) is 0 Å². The van der Waals surface area contributed by atoms with Crippen LogP contribution in [0, 0.1) is 5.92 Å². The molecule has 156 valence electrons. The summed E-state index contributed by atoms with van der Waals surface area (Å²) in [6.07, 6.45) is 4.72. The van der Waals surface area contributed by atoms with Gasteiger partial charge in [0.25, 0.3) is 0 Å². The van der Waals surface area contributed by atoms with Crippen molar-refractivity contribution in [3.8, 4) is 0 Å². The summed E-state index contributed by atoms with van der Waals surface area (Å²) in [4.78, 5) is 26.6. The van der Waals surface area contributed by atoms with E-state index in [4.69, 9.17) is 11.6 Å². The summed E-state index contributed by atoms with van der Waals surface area (Å²) in [5.41, 5.74) is 0.768. The van der Waals surface area contributed by atoms with E-state index < -0.39 is 0 Å². The smallest absolute Gasteiger partial charge is 0.237 e. The minimum atomic E-state index is -0.0127. The number of carbonyl (C=O) groups excluding carboxylic acids is 2. The third-order valence-electron chi connectivity index (χ3n) is 5.33. The lowest BCUT2D eigenvalue weighted by atomic mass is 9.97. The molecule has 2 atom stereocenters. The fourth-order valence-electron chi connectivity index (χ4n) is 3.81. The van der Waals surface area contributed by atoms with Gasteiger partial charge in [0.15, 0.2) is 0 Å². The number of amides is 2. The van der Waals surface area contributed by atoms with Gasteiger partial charge in [0.2, 0.25) is 11.8 Å². The zero-order valence-electron chi connectivity index (χ0n) is 16.1. The van der Waals surface area contributed by atoms with Crippen LogP contribution in [0.2, 0.25) is 5.02 Å². The molecule has 0 spiro atoms. The quantitative estimate of drug-likeness (QED) is 0.623. The SMILES string of the molecule is Cl.O=C(CCN1CCCC(CNC(=O)C2CCCN2)C1)Nc1ccc(Cl)cc1. The predicted octanol–water partition coefficient (Wildman–Crippen LogP) is 2.67. The van der Waals surface area contributed by atoms with Gasteiger partial charge in [-0.3, -0.25) is 9.59 Å². The molecule has 2 fully saturated rings. The van der Waals surface area contributed by atoms with Crippen LogP contribution >= 0.6 is 24.0 Å². The monoisotopic (exact) mass is 428 g/mol. The van der Waals surface area contributed by atoms with Crippen molar-refractivity contribution in [2.24, 2.45) is 5.92 Å². The second-order valence-electron chi connectivity index (χ2n) is 7.51. The molecule has 0 aliphatic carbocycles. The van der Waals surface area contributed by atoms with Crippen LogP contribution in [-0.2, 0) is 9.59 Å². The molecule has 3 rings (SSSR count). The Kier molecular flexibility index (Phi) is 9.51. The molecule has 3 N–H and O–H groups in total. The molecule has 2 saturated heterocycles. The first-order valence-corrected chi connectivity index (χ1v) is 10.3. The second kappa shape index (κ2) is 11.6. The molecule has 0 bridgehead atoms. The van der Waals surface area contributed by atoms with Crippen LogP contribution in [0.25, 0.3) is 0 Å². The zero-order valence-corrected chi connectivity index (χ0v) is 17.7. The molecule has 2 aliphatic rings. The van der Waals surface area contributed by atoms with Gasteiger partial charge in [-0.2, -0.15) is 0 Å². The molecule has 2 unspecified atom stereocenters. The molecule has 2 aliphatic heterocycles. The average Bonchev–Trinajstić information content (AvgIpc) is 3.22. The minimum absolute atomic E-state index is 0. The Morgan fingerprint density at radius 1 is 1.18 bits per heavy atom. The van der Waals surface area contributed by atoms with Gasteiger partial charge in [0.1, 0.15) is 0 Å². The van der Waals surface area contributed by atoms with Crippen LogP contribution in [0.4, 0.5) is 5.69 Å². The van der Waals surface area contributed by atoms with Crippen molar-refractivity contribution < 1.29 is 9.59 Å². The van der Waals surface area contributed by atoms with E-state index in [0.717, 1.165) is 64.1 Å². The molecule has 0 aromatic heterocycles. The Morgan fingerprint density at radius 3 is 2.68 bits per heavy atom. The van der Waals surface area contributed by atoms with Crippen LogP contribution in [0.3, 0.4) is 0 Å². The van der Waals surface area contributed by atoms with Crippen molar-refractivity contribution in [3.05, 3.63) is 29.3 Å². The summed E-state index contributed by atoms with van der Waals surface area (Å²) in [5, 5.41) is 9.89. The van der Waals surface area contributed by atoms with Gasteiger partial charge in [-0.1, -0.05) is 11.6 Å². The minimum Gasteiger partial charge on any atom is -0.354 e. The van der Waals surface area contributed by atoms with Crippen molar-refractivity contribution in [1.82, 2.24) is 15.5 Å². The number of halogens is 2. The first-order valence-electron chi connectivity index (χ1n) is 9.89. The van der Waals surface area contributed by atoms with E-state index in [0.29, 0.717) is 17.4 Å². The number of piperidine rings is 1. The van der Waals surface area contributed by atoms with Gasteiger partial charge < -0.3 is 20.9 Å². The highest BCUT2D eigenvalue weighted by Gasteiger charge is 2.24. The van der Waals surface area contributed by atoms with E-state index in [1.165, 1.54) is 0 Å². The third kappa shape index (κ3) is 7.24. The highest BCUT2D eigenvalue weighted by Crippen LogP contribution is 2.17. The maximum absolute atomic E-state index is 12.1. The van der Waals surface area contributed by atoms with E-state index in [2.05, 4.69) is 20.9 Å². The van der Waals surface area contributed by atoms with Crippen LogP contribution in [0.5, 0.6) is 0 Å². The van der Waals surface area contributed by atoms with Gasteiger partial charge in [0.05, 0.1) is 6.04 Å². The largest absolute Gasteiger partial charge is 0.354 e. The lowest BCUT2D eigenvalue weighted by Crippen LogP contribution is -2.45. The summed E-state index contributed by atoms with van der Waals surface area (Å²) < 4.78 is 0. The normalized spacial score (nSPS) is 22.3. The van der Waals surface area contributed by atoms with Gasteiger partial charge in [0, 0.05) is 36.8 Å². The standard InChI is InChI=1S/C20H29ClN4O2.ClH/c21-16-5-7-17(8-6-16)24-19(26)9-12-25-11-2-3-15(14-25)13-23-20(27)18-4-1-10-22-18;/h5-8,15,18,22H,1-4,9-14H2,(H,23,27)(H,24,26);1H. The summed E-state index contributed by atoms with van der Waals surface area (Å²) in [6, 6.07) is 7.13. The Morgan fingerprint density at radius 2 is 1.96 bits per heavy atom. The number of rotatable bonds is 7. The fraction of sp³-hybridized carbons (Fsp3) is 0.600. The van der Waals surface area contributed by atoms with Crippen molar-refractivity contribution in [1.29, 1.82) is 0 Å². The molecule has 28 heavy (non-hydrogen) atoms. The molecule has 0 radical (unpaired) electrons. The topological polar surface area (TPSA) is 73.5 Å². The molecule has 1 aromatic rings. The Bertz CT molecular complexity index is 636. The highest BCUT2D eigenvalue weighted by atomic mass is 35.5. The van der Waals surface area contributed by atoms with E-state index in [-0.39, 0.29) is 30.3 Å². The predicted molar refractivity (Wildman–Crippen MR) is 115 cm³/mol. The summed E-state index contributed by atoms with van der Waals surface area (Å²) in [6.45, 7) is 4.36. The first-order chi connectivity index (χ1) is 13.1. The van der Waals surface area contributed by atoms with Crippen molar-refractivity contribution in [3.63, 3.8) is 0 Å². The van der Waals surface area contributed by atoms with Gasteiger partial charge in [-0.25, -0.2) is 0 Å². The summed E-state index contributed by atoms with van der Waals surface area (Å²) >= 11 is 5.86. The maximum Gasteiger partial charge on any atom is 0.237 e. The molecular formula is C20H30Cl2N4O2.